The summed E-state index contributed by atoms with van der Waals surface area (Å²) >= 11 is 0. The second-order valence-corrected chi connectivity index (χ2v) is 3.72. The fourth-order valence-corrected chi connectivity index (χ4v) is 1.65. The van der Waals surface area contributed by atoms with Crippen molar-refractivity contribution >= 4 is 5.69 Å². The van der Waals surface area contributed by atoms with Crippen LogP contribution in [-0.4, -0.2) is 36.5 Å². The summed E-state index contributed by atoms with van der Waals surface area (Å²) in [4.78, 5) is 2.00. The molecule has 0 radical (unpaired) electrons. The van der Waals surface area contributed by atoms with Crippen molar-refractivity contribution in [1.29, 1.82) is 0 Å². The third kappa shape index (κ3) is 3.22. The van der Waals surface area contributed by atoms with Crippen molar-refractivity contribution in [1.82, 2.24) is 0 Å². The molecule has 0 bridgehead atoms. The number of nitrogens with zero attached hydrogens (tertiary/aromatic N) is 1. The fraction of sp³-hybridized carbons (Fsp3) is 0.500. The summed E-state index contributed by atoms with van der Waals surface area (Å²) in [6.07, 6.45) is 0. The van der Waals surface area contributed by atoms with Crippen LogP contribution < -0.4 is 4.90 Å². The van der Waals surface area contributed by atoms with Crippen molar-refractivity contribution in [2.24, 2.45) is 0 Å². The predicted molar refractivity (Wildman–Crippen MR) is 62.3 cm³/mol. The van der Waals surface area contributed by atoms with Crippen molar-refractivity contribution in [2.45, 2.75) is 13.8 Å². The predicted octanol–water partition coefficient (Wildman–Crippen LogP) is 1.09. The van der Waals surface area contributed by atoms with Gasteiger partial charge in [-0.05, 0) is 31.0 Å². The molecule has 0 atom stereocenters. The maximum atomic E-state index is 8.96. The van der Waals surface area contributed by atoms with Crippen molar-refractivity contribution in [3.05, 3.63) is 29.3 Å². The summed E-state index contributed by atoms with van der Waals surface area (Å²) in [5.41, 5.74) is 3.46. The Morgan fingerprint density at radius 3 is 2.20 bits per heavy atom. The molecule has 0 aromatic heterocycles. The van der Waals surface area contributed by atoms with Gasteiger partial charge in [-0.1, -0.05) is 12.1 Å². The van der Waals surface area contributed by atoms with Gasteiger partial charge in [0.05, 0.1) is 13.2 Å². The van der Waals surface area contributed by atoms with Gasteiger partial charge >= 0.3 is 0 Å². The molecule has 0 amide bonds. The van der Waals surface area contributed by atoms with Gasteiger partial charge in [0.2, 0.25) is 0 Å². The molecule has 3 nitrogen and oxygen atoms in total. The zero-order chi connectivity index (χ0) is 11.3. The van der Waals surface area contributed by atoms with E-state index in [1.165, 1.54) is 11.1 Å². The van der Waals surface area contributed by atoms with Crippen LogP contribution in [0.25, 0.3) is 0 Å². The van der Waals surface area contributed by atoms with E-state index in [1.807, 2.05) is 18.7 Å². The third-order valence-corrected chi connectivity index (χ3v) is 2.45. The Bertz CT molecular complexity index is 306. The topological polar surface area (TPSA) is 43.7 Å². The van der Waals surface area contributed by atoms with E-state index in [0.29, 0.717) is 13.1 Å². The quantitative estimate of drug-likeness (QED) is 0.763. The molecule has 2 N–H and O–H groups in total. The normalized spacial score (nSPS) is 10.4. The molecule has 15 heavy (non-hydrogen) atoms. The number of aliphatic hydroxyl groups is 2. The number of hydrogen-bond donors (Lipinski definition) is 2. The van der Waals surface area contributed by atoms with E-state index in [9.17, 15) is 0 Å². The van der Waals surface area contributed by atoms with Gasteiger partial charge in [-0.15, -0.1) is 0 Å². The number of aryl methyl sites for hydroxylation is 2. The van der Waals surface area contributed by atoms with Gasteiger partial charge in [0, 0.05) is 18.8 Å². The van der Waals surface area contributed by atoms with Gasteiger partial charge in [0.1, 0.15) is 0 Å². The maximum Gasteiger partial charge on any atom is 0.0606 e. The van der Waals surface area contributed by atoms with Crippen LogP contribution in [0.2, 0.25) is 0 Å². The van der Waals surface area contributed by atoms with Crippen molar-refractivity contribution in [3.63, 3.8) is 0 Å². The van der Waals surface area contributed by atoms with Gasteiger partial charge in [0.15, 0.2) is 0 Å². The summed E-state index contributed by atoms with van der Waals surface area (Å²) in [6, 6.07) is 6.21. The average molecular weight is 209 g/mol. The highest BCUT2D eigenvalue weighted by Crippen LogP contribution is 2.20. The zero-order valence-corrected chi connectivity index (χ0v) is 9.40. The van der Waals surface area contributed by atoms with Gasteiger partial charge in [-0.25, -0.2) is 0 Å². The molecule has 0 aliphatic carbocycles. The van der Waals surface area contributed by atoms with E-state index in [-0.39, 0.29) is 13.2 Å². The summed E-state index contributed by atoms with van der Waals surface area (Å²) in [7, 11) is 0. The Labute approximate surface area is 91.0 Å². The van der Waals surface area contributed by atoms with Crippen LogP contribution in [0.5, 0.6) is 0 Å². The molecular weight excluding hydrogens is 190 g/mol. The van der Waals surface area contributed by atoms with E-state index >= 15 is 0 Å². The molecule has 0 saturated carbocycles. The maximum absolute atomic E-state index is 8.96. The molecule has 0 fully saturated rings. The van der Waals surface area contributed by atoms with E-state index in [0.717, 1.165) is 5.69 Å². The van der Waals surface area contributed by atoms with Crippen LogP contribution in [-0.2, 0) is 0 Å². The van der Waals surface area contributed by atoms with Crippen LogP contribution in [0.1, 0.15) is 11.1 Å². The lowest BCUT2D eigenvalue weighted by atomic mass is 10.1. The summed E-state index contributed by atoms with van der Waals surface area (Å²) < 4.78 is 0. The Hall–Kier alpha value is -1.06. The first-order valence-corrected chi connectivity index (χ1v) is 5.23. The Kier molecular flexibility index (Phi) is 4.59. The van der Waals surface area contributed by atoms with Gasteiger partial charge in [0.25, 0.3) is 0 Å². The molecule has 0 aliphatic heterocycles. The number of benzene rings is 1. The van der Waals surface area contributed by atoms with Crippen molar-refractivity contribution < 1.29 is 10.2 Å². The molecule has 0 unspecified atom stereocenters. The van der Waals surface area contributed by atoms with Crippen LogP contribution in [0.3, 0.4) is 0 Å². The molecule has 1 aromatic carbocycles. The van der Waals surface area contributed by atoms with E-state index in [4.69, 9.17) is 10.2 Å². The first-order valence-electron chi connectivity index (χ1n) is 5.23. The average Bonchev–Trinajstić information content (AvgIpc) is 2.21. The Morgan fingerprint density at radius 1 is 1.07 bits per heavy atom. The first-order chi connectivity index (χ1) is 7.19. The number of rotatable bonds is 5. The number of aliphatic hydroxyl groups excluding tert-OH is 2. The molecule has 0 spiro atoms. The SMILES string of the molecule is Cc1ccc(C)c(N(CCO)CCO)c1. The molecule has 1 rings (SSSR count). The summed E-state index contributed by atoms with van der Waals surface area (Å²) in [5.74, 6) is 0. The smallest absolute Gasteiger partial charge is 0.0606 e. The Balaban J connectivity index is 2.93. The molecular formula is C12H19NO2. The summed E-state index contributed by atoms with van der Waals surface area (Å²) in [6.45, 7) is 5.41. The Morgan fingerprint density at radius 2 is 1.67 bits per heavy atom. The zero-order valence-electron chi connectivity index (χ0n) is 9.40. The lowest BCUT2D eigenvalue weighted by Crippen LogP contribution is -2.30. The lowest BCUT2D eigenvalue weighted by Gasteiger charge is -2.25. The molecule has 0 aliphatic rings. The first kappa shape index (κ1) is 12.0. The number of hydrogen-bond acceptors (Lipinski definition) is 3. The fourth-order valence-electron chi connectivity index (χ4n) is 1.65. The van der Waals surface area contributed by atoms with Crippen molar-refractivity contribution in [3.8, 4) is 0 Å². The van der Waals surface area contributed by atoms with Gasteiger partial charge in [-0.3, -0.25) is 0 Å². The minimum absolute atomic E-state index is 0.105. The van der Waals surface area contributed by atoms with Crippen LogP contribution >= 0.6 is 0 Å². The van der Waals surface area contributed by atoms with E-state index < -0.39 is 0 Å². The second kappa shape index (κ2) is 5.73. The van der Waals surface area contributed by atoms with E-state index in [2.05, 4.69) is 18.2 Å². The molecule has 84 valence electrons. The second-order valence-electron chi connectivity index (χ2n) is 3.72. The van der Waals surface area contributed by atoms with Gasteiger partial charge in [-0.2, -0.15) is 0 Å². The minimum Gasteiger partial charge on any atom is -0.395 e. The number of anilines is 1. The third-order valence-electron chi connectivity index (χ3n) is 2.45. The minimum atomic E-state index is 0.105. The molecule has 0 heterocycles. The molecule has 1 aromatic rings. The monoisotopic (exact) mass is 209 g/mol. The van der Waals surface area contributed by atoms with Crippen LogP contribution in [0.4, 0.5) is 5.69 Å². The van der Waals surface area contributed by atoms with Crippen LogP contribution in [0, 0.1) is 13.8 Å². The van der Waals surface area contributed by atoms with Crippen LogP contribution in [0.15, 0.2) is 18.2 Å². The highest BCUT2D eigenvalue weighted by atomic mass is 16.3. The van der Waals surface area contributed by atoms with Crippen molar-refractivity contribution in [2.75, 3.05) is 31.2 Å². The highest BCUT2D eigenvalue weighted by molar-refractivity contribution is 5.54. The highest BCUT2D eigenvalue weighted by Gasteiger charge is 2.07. The van der Waals surface area contributed by atoms with E-state index in [1.54, 1.807) is 0 Å². The molecule has 0 saturated heterocycles. The lowest BCUT2D eigenvalue weighted by molar-refractivity contribution is 0.281. The summed E-state index contributed by atoms with van der Waals surface area (Å²) in [5, 5.41) is 17.9. The standard InChI is InChI=1S/C12H19NO2/c1-10-3-4-11(2)12(9-10)13(5-7-14)6-8-15/h3-4,9,14-15H,5-8H2,1-2H3. The largest absolute Gasteiger partial charge is 0.395 e. The molecule has 3 heteroatoms. The van der Waals surface area contributed by atoms with Gasteiger partial charge < -0.3 is 15.1 Å².